The second-order valence-corrected chi connectivity index (χ2v) is 10.1. The zero-order chi connectivity index (χ0) is 27.8. The van der Waals surface area contributed by atoms with Gasteiger partial charge in [-0.05, 0) is 50.5 Å². The molecule has 2 aliphatic rings. The summed E-state index contributed by atoms with van der Waals surface area (Å²) in [6, 6.07) is 6.96. The number of hydrogen-bond acceptors (Lipinski definition) is 4. The van der Waals surface area contributed by atoms with E-state index in [2.05, 4.69) is 10.6 Å². The molecule has 1 aliphatic heterocycles. The molecule has 1 unspecified atom stereocenters. The molecule has 0 saturated heterocycles. The molecule has 1 heterocycles. The Morgan fingerprint density at radius 2 is 1.87 bits per heavy atom. The van der Waals surface area contributed by atoms with Gasteiger partial charge < -0.3 is 20.3 Å². The van der Waals surface area contributed by atoms with E-state index in [1.807, 2.05) is 0 Å². The molecule has 12 heteroatoms. The Balaban J connectivity index is 1.59. The minimum absolute atomic E-state index is 0.102. The number of carbonyl (C=O) groups excluding carboxylic acids is 3. The smallest absolute Gasteiger partial charge is 0.403 e. The SMILES string of the molecule is CC(C)N1C(=O)C(NC(=O)[C@@H](Cc2ccccc2Cl)NC(=O)C2(C(F)(F)F)CC2)COc2cc(F)ccc21. The summed E-state index contributed by atoms with van der Waals surface area (Å²) >= 11 is 6.20. The number of ether oxygens (including phenoxy) is 1. The number of fused-ring (bicyclic) bond motifs is 1. The maximum Gasteiger partial charge on any atom is 0.403 e. The van der Waals surface area contributed by atoms with Crippen LogP contribution in [-0.2, 0) is 20.8 Å². The van der Waals surface area contributed by atoms with E-state index >= 15 is 0 Å². The molecule has 0 spiro atoms. The van der Waals surface area contributed by atoms with Crippen LogP contribution in [0.4, 0.5) is 23.2 Å². The second kappa shape index (κ2) is 10.4. The maximum atomic E-state index is 13.8. The average Bonchev–Trinajstić information content (AvgIpc) is 3.66. The molecule has 2 atom stereocenters. The van der Waals surface area contributed by atoms with E-state index < -0.39 is 53.3 Å². The fourth-order valence-electron chi connectivity index (χ4n) is 4.40. The molecule has 0 aromatic heterocycles. The molecule has 4 rings (SSSR count). The molecule has 38 heavy (non-hydrogen) atoms. The van der Waals surface area contributed by atoms with E-state index in [9.17, 15) is 31.9 Å². The van der Waals surface area contributed by atoms with Crippen LogP contribution in [0.15, 0.2) is 42.5 Å². The van der Waals surface area contributed by atoms with Crippen molar-refractivity contribution in [1.29, 1.82) is 0 Å². The summed E-state index contributed by atoms with van der Waals surface area (Å²) < 4.78 is 60.1. The van der Waals surface area contributed by atoms with Gasteiger partial charge >= 0.3 is 6.18 Å². The number of halogens is 5. The predicted molar refractivity (Wildman–Crippen MR) is 131 cm³/mol. The van der Waals surface area contributed by atoms with Crippen LogP contribution in [-0.4, -0.2) is 48.6 Å². The van der Waals surface area contributed by atoms with Crippen molar-refractivity contribution in [3.63, 3.8) is 0 Å². The van der Waals surface area contributed by atoms with Crippen molar-refractivity contribution >= 4 is 35.0 Å². The van der Waals surface area contributed by atoms with E-state index in [1.165, 1.54) is 17.0 Å². The number of nitrogens with zero attached hydrogens (tertiary/aromatic N) is 1. The van der Waals surface area contributed by atoms with Crippen LogP contribution in [0, 0.1) is 11.2 Å². The van der Waals surface area contributed by atoms with Gasteiger partial charge in [0.05, 0.1) is 5.69 Å². The fraction of sp³-hybridized carbons (Fsp3) is 0.423. The molecule has 2 N–H and O–H groups in total. The van der Waals surface area contributed by atoms with Gasteiger partial charge in [-0.1, -0.05) is 29.8 Å². The van der Waals surface area contributed by atoms with E-state index in [0.29, 0.717) is 11.3 Å². The topological polar surface area (TPSA) is 87.7 Å². The number of alkyl halides is 3. The number of rotatable bonds is 7. The van der Waals surface area contributed by atoms with Crippen molar-refractivity contribution in [2.24, 2.45) is 5.41 Å². The van der Waals surface area contributed by atoms with E-state index in [0.717, 1.165) is 6.07 Å². The van der Waals surface area contributed by atoms with Crippen LogP contribution in [0.5, 0.6) is 5.75 Å². The summed E-state index contributed by atoms with van der Waals surface area (Å²) in [5.41, 5.74) is -1.82. The van der Waals surface area contributed by atoms with Crippen LogP contribution in [0.3, 0.4) is 0 Å². The first kappa shape index (κ1) is 27.7. The lowest BCUT2D eigenvalue weighted by atomic mass is 10.0. The average molecular weight is 556 g/mol. The van der Waals surface area contributed by atoms with Crippen molar-refractivity contribution < 1.29 is 36.7 Å². The van der Waals surface area contributed by atoms with Gasteiger partial charge in [0.25, 0.3) is 5.91 Å². The van der Waals surface area contributed by atoms with Crippen molar-refractivity contribution in [2.45, 2.75) is 57.4 Å². The van der Waals surface area contributed by atoms with Gasteiger partial charge in [-0.3, -0.25) is 14.4 Å². The number of benzene rings is 2. The summed E-state index contributed by atoms with van der Waals surface area (Å²) in [6.07, 6.45) is -5.75. The van der Waals surface area contributed by atoms with Gasteiger partial charge in [0.1, 0.15) is 35.7 Å². The molecular formula is C26H26ClF4N3O4. The number of hydrogen-bond donors (Lipinski definition) is 2. The lowest BCUT2D eigenvalue weighted by Crippen LogP contribution is -2.58. The normalized spacial score (nSPS) is 19.2. The largest absolute Gasteiger partial charge is 0.489 e. The Bertz CT molecular complexity index is 1250. The zero-order valence-corrected chi connectivity index (χ0v) is 21.3. The summed E-state index contributed by atoms with van der Waals surface area (Å²) in [4.78, 5) is 40.9. The van der Waals surface area contributed by atoms with Gasteiger partial charge in [0.2, 0.25) is 11.8 Å². The highest BCUT2D eigenvalue weighted by Crippen LogP contribution is 2.57. The Labute approximate surface area is 221 Å². The van der Waals surface area contributed by atoms with Gasteiger partial charge in [-0.15, -0.1) is 0 Å². The highest BCUT2D eigenvalue weighted by atomic mass is 35.5. The number of carbonyl (C=O) groups is 3. The quantitative estimate of drug-likeness (QED) is 0.502. The van der Waals surface area contributed by atoms with Gasteiger partial charge in [0, 0.05) is 23.6 Å². The molecule has 0 radical (unpaired) electrons. The van der Waals surface area contributed by atoms with Crippen LogP contribution >= 0.6 is 11.6 Å². The fourth-order valence-corrected chi connectivity index (χ4v) is 4.61. The molecule has 1 aliphatic carbocycles. The first-order valence-electron chi connectivity index (χ1n) is 12.0. The molecular weight excluding hydrogens is 530 g/mol. The lowest BCUT2D eigenvalue weighted by Gasteiger charge is -2.29. The standard InChI is InChI=1S/C26H26ClF4N3O4/c1-14(2)34-20-8-7-16(28)12-21(20)38-13-19(23(34)36)32-22(35)18(11-15-5-3-4-6-17(15)27)33-24(37)25(9-10-25)26(29,30)31/h3-8,12,14,18-19H,9-11,13H2,1-2H3,(H,32,35)(H,33,37)/t18-,19?/m1/s1. The van der Waals surface area contributed by atoms with Crippen molar-refractivity contribution in [1.82, 2.24) is 10.6 Å². The van der Waals surface area contributed by atoms with Gasteiger partial charge in [-0.2, -0.15) is 13.2 Å². The van der Waals surface area contributed by atoms with Crippen LogP contribution in [0.1, 0.15) is 32.3 Å². The molecule has 2 aromatic rings. The summed E-state index contributed by atoms with van der Waals surface area (Å²) in [5, 5.41) is 5.00. The van der Waals surface area contributed by atoms with Crippen molar-refractivity contribution in [3.05, 3.63) is 58.9 Å². The molecule has 0 bridgehead atoms. The van der Waals surface area contributed by atoms with Gasteiger partial charge in [-0.25, -0.2) is 4.39 Å². The van der Waals surface area contributed by atoms with Gasteiger partial charge in [0.15, 0.2) is 0 Å². The van der Waals surface area contributed by atoms with Crippen LogP contribution in [0.2, 0.25) is 5.02 Å². The minimum atomic E-state index is -4.77. The van der Waals surface area contributed by atoms with Crippen molar-refractivity contribution in [3.8, 4) is 5.75 Å². The predicted octanol–water partition coefficient (Wildman–Crippen LogP) is 4.17. The highest BCUT2D eigenvalue weighted by molar-refractivity contribution is 6.31. The monoisotopic (exact) mass is 555 g/mol. The molecule has 2 aromatic carbocycles. The Morgan fingerprint density at radius 1 is 1.18 bits per heavy atom. The first-order chi connectivity index (χ1) is 17.8. The zero-order valence-electron chi connectivity index (χ0n) is 20.6. The molecule has 1 saturated carbocycles. The summed E-state index contributed by atoms with van der Waals surface area (Å²) in [7, 11) is 0. The van der Waals surface area contributed by atoms with Crippen molar-refractivity contribution in [2.75, 3.05) is 11.5 Å². The maximum absolute atomic E-state index is 13.8. The number of amides is 3. The highest BCUT2D eigenvalue weighted by Gasteiger charge is 2.68. The third-order valence-corrected chi connectivity index (χ3v) is 7.06. The van der Waals surface area contributed by atoms with E-state index in [1.54, 1.807) is 38.1 Å². The number of anilines is 1. The Hall–Kier alpha value is -3.34. The lowest BCUT2D eigenvalue weighted by molar-refractivity contribution is -0.192. The second-order valence-electron chi connectivity index (χ2n) is 9.69. The minimum Gasteiger partial charge on any atom is -0.489 e. The molecule has 204 valence electrons. The Morgan fingerprint density at radius 3 is 2.47 bits per heavy atom. The third kappa shape index (κ3) is 5.43. The third-order valence-electron chi connectivity index (χ3n) is 6.69. The number of nitrogens with one attached hydrogen (secondary N) is 2. The van der Waals surface area contributed by atoms with Crippen LogP contribution in [0.25, 0.3) is 0 Å². The molecule has 1 fully saturated rings. The first-order valence-corrected chi connectivity index (χ1v) is 12.4. The van der Waals surface area contributed by atoms with E-state index in [-0.39, 0.29) is 36.6 Å². The summed E-state index contributed by atoms with van der Waals surface area (Å²) in [6.45, 7) is 3.09. The van der Waals surface area contributed by atoms with Crippen LogP contribution < -0.4 is 20.3 Å². The molecule has 3 amide bonds. The van der Waals surface area contributed by atoms with E-state index in [4.69, 9.17) is 16.3 Å². The Kier molecular flexibility index (Phi) is 7.60. The summed E-state index contributed by atoms with van der Waals surface area (Å²) in [5.74, 6) is -3.24. The molecule has 7 nitrogen and oxygen atoms in total.